The molecule has 2 nitrogen and oxygen atoms in total. The maximum absolute atomic E-state index is 6.01. The third-order valence-corrected chi connectivity index (χ3v) is 2.38. The van der Waals surface area contributed by atoms with Gasteiger partial charge in [0.1, 0.15) is 0 Å². The average molecular weight is 199 g/mol. The van der Waals surface area contributed by atoms with E-state index in [2.05, 4.69) is 4.98 Å². The molecule has 1 aliphatic carbocycles. The van der Waals surface area contributed by atoms with Crippen molar-refractivity contribution in [1.29, 1.82) is 0 Å². The fourth-order valence-electron chi connectivity index (χ4n) is 1.45. The molecular formula is C10H15ClN2. The number of nitrogens with two attached hydrogens (primary N) is 1. The van der Waals surface area contributed by atoms with E-state index in [4.69, 9.17) is 5.73 Å². The van der Waals surface area contributed by atoms with Gasteiger partial charge >= 0.3 is 0 Å². The van der Waals surface area contributed by atoms with Gasteiger partial charge in [-0.15, -0.1) is 12.4 Å². The van der Waals surface area contributed by atoms with Gasteiger partial charge in [0.05, 0.1) is 5.69 Å². The first-order chi connectivity index (χ1) is 5.77. The van der Waals surface area contributed by atoms with E-state index in [0.29, 0.717) is 5.92 Å². The molecule has 1 aromatic heterocycles. The largest absolute Gasteiger partial charge is 0.322 e. The normalized spacial score (nSPS) is 17.7. The summed E-state index contributed by atoms with van der Waals surface area (Å²) in [6, 6.07) is 6.23. The van der Waals surface area contributed by atoms with Crippen molar-refractivity contribution >= 4 is 12.4 Å². The lowest BCUT2D eigenvalue weighted by molar-refractivity contribution is 0.613. The van der Waals surface area contributed by atoms with Crippen LogP contribution in [-0.4, -0.2) is 4.98 Å². The van der Waals surface area contributed by atoms with Crippen molar-refractivity contribution in [1.82, 2.24) is 4.98 Å². The van der Waals surface area contributed by atoms with Crippen LogP contribution in [0.5, 0.6) is 0 Å². The minimum atomic E-state index is 0. The molecule has 1 aromatic rings. The summed E-state index contributed by atoms with van der Waals surface area (Å²) in [5, 5.41) is 0. The van der Waals surface area contributed by atoms with Gasteiger partial charge in [0.2, 0.25) is 0 Å². The van der Waals surface area contributed by atoms with E-state index < -0.39 is 0 Å². The minimum absolute atomic E-state index is 0. The number of aryl methyl sites for hydroxylation is 1. The number of rotatable bonds is 2. The van der Waals surface area contributed by atoms with Crippen molar-refractivity contribution in [3.63, 3.8) is 0 Å². The summed E-state index contributed by atoms with van der Waals surface area (Å²) in [5.41, 5.74) is 8.12. The molecular weight excluding hydrogens is 184 g/mol. The lowest BCUT2D eigenvalue weighted by Gasteiger charge is -2.09. The van der Waals surface area contributed by atoms with Gasteiger partial charge in [-0.3, -0.25) is 4.98 Å². The summed E-state index contributed by atoms with van der Waals surface area (Å²) in [5.74, 6) is 0.694. The second-order valence-corrected chi connectivity index (χ2v) is 3.57. The van der Waals surface area contributed by atoms with E-state index in [9.17, 15) is 0 Å². The Morgan fingerprint density at radius 3 is 2.69 bits per heavy atom. The van der Waals surface area contributed by atoms with Crippen LogP contribution >= 0.6 is 12.4 Å². The van der Waals surface area contributed by atoms with Crippen LogP contribution in [0, 0.1) is 12.8 Å². The Labute approximate surface area is 85.0 Å². The number of aromatic nitrogens is 1. The fourth-order valence-corrected chi connectivity index (χ4v) is 1.45. The van der Waals surface area contributed by atoms with Crippen molar-refractivity contribution < 1.29 is 0 Å². The van der Waals surface area contributed by atoms with Gasteiger partial charge in [-0.1, -0.05) is 6.07 Å². The van der Waals surface area contributed by atoms with Gasteiger partial charge < -0.3 is 5.73 Å². The molecule has 2 rings (SSSR count). The number of pyridine rings is 1. The van der Waals surface area contributed by atoms with E-state index in [1.54, 1.807) is 0 Å². The first kappa shape index (κ1) is 10.5. The Morgan fingerprint density at radius 1 is 1.46 bits per heavy atom. The van der Waals surface area contributed by atoms with Crippen molar-refractivity contribution in [3.8, 4) is 0 Å². The summed E-state index contributed by atoms with van der Waals surface area (Å²) < 4.78 is 0. The van der Waals surface area contributed by atoms with Gasteiger partial charge in [0.15, 0.2) is 0 Å². The van der Waals surface area contributed by atoms with E-state index >= 15 is 0 Å². The fraction of sp³-hybridized carbons (Fsp3) is 0.500. The lowest BCUT2D eigenvalue weighted by atomic mass is 10.1. The summed E-state index contributed by atoms with van der Waals surface area (Å²) in [6.07, 6.45) is 2.55. The van der Waals surface area contributed by atoms with Crippen molar-refractivity contribution in [2.24, 2.45) is 11.7 Å². The van der Waals surface area contributed by atoms with Gasteiger partial charge in [-0.2, -0.15) is 0 Å². The zero-order valence-corrected chi connectivity index (χ0v) is 8.55. The molecule has 1 atom stereocenters. The molecule has 1 aliphatic rings. The Balaban J connectivity index is 0.000000845. The monoisotopic (exact) mass is 198 g/mol. The highest BCUT2D eigenvalue weighted by molar-refractivity contribution is 5.85. The second kappa shape index (κ2) is 4.07. The molecule has 0 bridgehead atoms. The zero-order chi connectivity index (χ0) is 8.55. The third-order valence-electron chi connectivity index (χ3n) is 2.38. The van der Waals surface area contributed by atoms with E-state index in [1.807, 2.05) is 25.1 Å². The topological polar surface area (TPSA) is 38.9 Å². The summed E-state index contributed by atoms with van der Waals surface area (Å²) in [7, 11) is 0. The molecule has 0 amide bonds. The molecule has 1 saturated carbocycles. The molecule has 1 heterocycles. The van der Waals surface area contributed by atoms with Crippen molar-refractivity contribution in [2.45, 2.75) is 25.8 Å². The third kappa shape index (κ3) is 2.42. The first-order valence-electron chi connectivity index (χ1n) is 4.46. The molecule has 0 unspecified atom stereocenters. The predicted octanol–water partition coefficient (Wildman–Crippen LogP) is 2.22. The van der Waals surface area contributed by atoms with Crippen molar-refractivity contribution in [2.75, 3.05) is 0 Å². The van der Waals surface area contributed by atoms with Crippen LogP contribution in [0.25, 0.3) is 0 Å². The van der Waals surface area contributed by atoms with E-state index in [1.165, 1.54) is 12.8 Å². The zero-order valence-electron chi connectivity index (χ0n) is 7.73. The molecule has 1 fully saturated rings. The average Bonchev–Trinajstić information content (AvgIpc) is 2.85. The number of hydrogen-bond donors (Lipinski definition) is 1. The quantitative estimate of drug-likeness (QED) is 0.792. The van der Waals surface area contributed by atoms with Crippen LogP contribution in [0.4, 0.5) is 0 Å². The molecule has 0 spiro atoms. The number of nitrogens with zero attached hydrogens (tertiary/aromatic N) is 1. The Hall–Kier alpha value is -0.600. The highest BCUT2D eigenvalue weighted by atomic mass is 35.5. The lowest BCUT2D eigenvalue weighted by Crippen LogP contribution is -2.14. The number of hydrogen-bond acceptors (Lipinski definition) is 2. The van der Waals surface area contributed by atoms with Gasteiger partial charge in [-0.05, 0) is 37.8 Å². The SMILES string of the molecule is Cc1cccc([C@@H](N)C2CC2)n1.Cl. The molecule has 2 N–H and O–H groups in total. The van der Waals surface area contributed by atoms with Gasteiger partial charge in [0.25, 0.3) is 0 Å². The van der Waals surface area contributed by atoms with Crippen LogP contribution in [0.1, 0.15) is 30.3 Å². The van der Waals surface area contributed by atoms with Gasteiger partial charge in [-0.25, -0.2) is 0 Å². The highest BCUT2D eigenvalue weighted by Crippen LogP contribution is 2.38. The molecule has 0 radical (unpaired) electrons. The Kier molecular flexibility index (Phi) is 3.28. The summed E-state index contributed by atoms with van der Waals surface area (Å²) in [6.45, 7) is 2.00. The van der Waals surface area contributed by atoms with Crippen LogP contribution in [0.15, 0.2) is 18.2 Å². The number of halogens is 1. The Bertz CT molecular complexity index is 284. The molecule has 0 aliphatic heterocycles. The molecule has 13 heavy (non-hydrogen) atoms. The predicted molar refractivity (Wildman–Crippen MR) is 55.9 cm³/mol. The van der Waals surface area contributed by atoms with Gasteiger partial charge in [0, 0.05) is 11.7 Å². The van der Waals surface area contributed by atoms with Crippen LogP contribution in [0.2, 0.25) is 0 Å². The van der Waals surface area contributed by atoms with E-state index in [-0.39, 0.29) is 18.4 Å². The standard InChI is InChI=1S/C10H14N2.ClH/c1-7-3-2-4-9(12-7)10(11)8-5-6-8;/h2-4,8,10H,5-6,11H2,1H3;1H/t10-;/m0./s1. The Morgan fingerprint density at radius 2 is 2.15 bits per heavy atom. The first-order valence-corrected chi connectivity index (χ1v) is 4.46. The van der Waals surface area contributed by atoms with Crippen LogP contribution in [0.3, 0.4) is 0 Å². The summed E-state index contributed by atoms with van der Waals surface area (Å²) in [4.78, 5) is 4.41. The van der Waals surface area contributed by atoms with E-state index in [0.717, 1.165) is 11.4 Å². The minimum Gasteiger partial charge on any atom is -0.322 e. The second-order valence-electron chi connectivity index (χ2n) is 3.57. The van der Waals surface area contributed by atoms with Crippen LogP contribution in [-0.2, 0) is 0 Å². The highest BCUT2D eigenvalue weighted by Gasteiger charge is 2.30. The van der Waals surface area contributed by atoms with Crippen molar-refractivity contribution in [3.05, 3.63) is 29.6 Å². The smallest absolute Gasteiger partial charge is 0.0577 e. The molecule has 0 saturated heterocycles. The maximum atomic E-state index is 6.01. The van der Waals surface area contributed by atoms with Crippen LogP contribution < -0.4 is 5.73 Å². The maximum Gasteiger partial charge on any atom is 0.0577 e. The molecule has 0 aromatic carbocycles. The molecule has 72 valence electrons. The summed E-state index contributed by atoms with van der Waals surface area (Å²) >= 11 is 0. The molecule has 3 heteroatoms.